The molecule has 6 rings (SSSR count). The highest BCUT2D eigenvalue weighted by Gasteiger charge is 2.27. The van der Waals surface area contributed by atoms with E-state index in [0.717, 1.165) is 62.4 Å². The quantitative estimate of drug-likeness (QED) is 0.343. The summed E-state index contributed by atoms with van der Waals surface area (Å²) >= 11 is 1.98. The Hall–Kier alpha value is -2.84. The molecule has 0 aliphatic carbocycles. The molecule has 0 radical (unpaired) electrons. The first kappa shape index (κ1) is 29.2. The largest absolute Gasteiger partial charge is 0.489 e. The molecule has 1 atom stereocenters. The molecule has 0 spiro atoms. The van der Waals surface area contributed by atoms with Gasteiger partial charge in [-0.15, -0.1) is 11.8 Å². The number of amides is 1. The van der Waals surface area contributed by atoms with E-state index in [-0.39, 0.29) is 11.2 Å². The van der Waals surface area contributed by atoms with Gasteiger partial charge in [0.2, 0.25) is 0 Å². The summed E-state index contributed by atoms with van der Waals surface area (Å²) in [6.07, 6.45) is 3.74. The average Bonchev–Trinajstić information content (AvgIpc) is 3.19. The Kier molecular flexibility index (Phi) is 10.1. The van der Waals surface area contributed by atoms with Gasteiger partial charge < -0.3 is 19.7 Å². The molecule has 2 saturated heterocycles. The second-order valence-electron chi connectivity index (χ2n) is 11.7. The third-order valence-corrected chi connectivity index (χ3v) is 10.1. The molecule has 6 nitrogen and oxygen atoms in total. The summed E-state index contributed by atoms with van der Waals surface area (Å²) < 4.78 is 11.7. The summed E-state index contributed by atoms with van der Waals surface area (Å²) in [6.45, 7) is 8.86. The van der Waals surface area contributed by atoms with Crippen LogP contribution in [0.3, 0.4) is 0 Å². The SMILES string of the molecule is O=C(NCCN1CCOCC1)c1ccc2c(c1)C(SCCN1CCC(Cc3ccccc3)CC1)c1ccccc1CO2. The maximum absolute atomic E-state index is 13.2. The third-order valence-electron chi connectivity index (χ3n) is 8.86. The van der Waals surface area contributed by atoms with Crippen LogP contribution in [-0.2, 0) is 17.8 Å². The minimum atomic E-state index is -0.0225. The van der Waals surface area contributed by atoms with Gasteiger partial charge in [-0.3, -0.25) is 9.69 Å². The first-order valence-electron chi connectivity index (χ1n) is 15.5. The number of nitrogens with one attached hydrogen (secondary N) is 1. The van der Waals surface area contributed by atoms with Gasteiger partial charge >= 0.3 is 0 Å². The minimum absolute atomic E-state index is 0.0225. The highest BCUT2D eigenvalue weighted by atomic mass is 32.2. The molecule has 2 fully saturated rings. The number of ether oxygens (including phenoxy) is 2. The predicted molar refractivity (Wildman–Crippen MR) is 170 cm³/mol. The van der Waals surface area contributed by atoms with Crippen LogP contribution < -0.4 is 10.1 Å². The first-order chi connectivity index (χ1) is 20.7. The molecule has 3 aliphatic rings. The Labute approximate surface area is 254 Å². The van der Waals surface area contributed by atoms with Gasteiger partial charge in [0.05, 0.1) is 18.5 Å². The standard InChI is InChI=1S/C35H43N3O3S/c39-35(36-14-17-38-18-21-40-22-19-38)29-10-11-33-32(25-29)34(31-9-5-4-8-30(31)26-41-33)42-23-20-37-15-12-28(13-16-37)24-27-6-2-1-3-7-27/h1-11,25,28,34H,12-24,26H2,(H,36,39). The van der Waals surface area contributed by atoms with Crippen LogP contribution >= 0.6 is 11.8 Å². The van der Waals surface area contributed by atoms with Gasteiger partial charge in [-0.05, 0) is 73.2 Å². The van der Waals surface area contributed by atoms with Crippen molar-refractivity contribution in [3.8, 4) is 5.75 Å². The Morgan fingerprint density at radius 3 is 2.45 bits per heavy atom. The van der Waals surface area contributed by atoms with E-state index in [1.54, 1.807) is 0 Å². The van der Waals surface area contributed by atoms with E-state index < -0.39 is 0 Å². The number of carbonyl (C=O) groups excluding carboxylic acids is 1. The molecule has 3 aliphatic heterocycles. The molecule has 1 unspecified atom stereocenters. The molecule has 7 heteroatoms. The molecular formula is C35H43N3O3S. The van der Waals surface area contributed by atoms with E-state index in [0.29, 0.717) is 18.7 Å². The number of benzene rings is 3. The Morgan fingerprint density at radius 1 is 0.857 bits per heavy atom. The van der Waals surface area contributed by atoms with Crippen molar-refractivity contribution in [3.05, 3.63) is 101 Å². The zero-order valence-corrected chi connectivity index (χ0v) is 25.3. The van der Waals surface area contributed by atoms with Gasteiger partial charge in [-0.2, -0.15) is 0 Å². The average molecular weight is 586 g/mol. The van der Waals surface area contributed by atoms with Crippen molar-refractivity contribution in [3.63, 3.8) is 0 Å². The second-order valence-corrected chi connectivity index (χ2v) is 12.9. The fourth-order valence-electron chi connectivity index (χ4n) is 6.37. The molecule has 3 aromatic carbocycles. The van der Waals surface area contributed by atoms with Crippen LogP contribution in [0.5, 0.6) is 5.75 Å². The van der Waals surface area contributed by atoms with Gasteiger partial charge in [-0.1, -0.05) is 54.6 Å². The second kappa shape index (κ2) is 14.6. The molecule has 1 amide bonds. The summed E-state index contributed by atoms with van der Waals surface area (Å²) in [5.74, 6) is 2.69. The summed E-state index contributed by atoms with van der Waals surface area (Å²) in [5, 5.41) is 3.27. The third kappa shape index (κ3) is 7.56. The topological polar surface area (TPSA) is 54.0 Å². The highest BCUT2D eigenvalue weighted by Crippen LogP contribution is 2.44. The monoisotopic (exact) mass is 585 g/mol. The van der Waals surface area contributed by atoms with Crippen LogP contribution in [0.2, 0.25) is 0 Å². The molecule has 0 aromatic heterocycles. The Morgan fingerprint density at radius 2 is 1.62 bits per heavy atom. The van der Waals surface area contributed by atoms with Gasteiger partial charge in [0.15, 0.2) is 0 Å². The van der Waals surface area contributed by atoms with Crippen LogP contribution in [0, 0.1) is 5.92 Å². The molecule has 0 bridgehead atoms. The lowest BCUT2D eigenvalue weighted by atomic mass is 9.90. The molecule has 0 saturated carbocycles. The number of carbonyl (C=O) groups is 1. The van der Waals surface area contributed by atoms with E-state index in [9.17, 15) is 4.79 Å². The lowest BCUT2D eigenvalue weighted by Crippen LogP contribution is -2.41. The van der Waals surface area contributed by atoms with Gasteiger partial charge in [0.25, 0.3) is 5.91 Å². The van der Waals surface area contributed by atoms with Crippen LogP contribution in [0.1, 0.15) is 50.7 Å². The maximum atomic E-state index is 13.2. The van der Waals surface area contributed by atoms with Crippen molar-refractivity contribution in [2.75, 3.05) is 64.8 Å². The van der Waals surface area contributed by atoms with Crippen LogP contribution in [0.25, 0.3) is 0 Å². The summed E-state index contributed by atoms with van der Waals surface area (Å²) in [4.78, 5) is 18.1. The number of nitrogens with zero attached hydrogens (tertiary/aromatic N) is 2. The number of fused-ring (bicyclic) bond motifs is 2. The van der Waals surface area contributed by atoms with E-state index in [1.807, 2.05) is 23.9 Å². The van der Waals surface area contributed by atoms with Crippen molar-refractivity contribution in [2.24, 2.45) is 5.92 Å². The summed E-state index contributed by atoms with van der Waals surface area (Å²) in [7, 11) is 0. The molecule has 3 aromatic rings. The number of rotatable bonds is 10. The van der Waals surface area contributed by atoms with Crippen molar-refractivity contribution in [1.82, 2.24) is 15.1 Å². The predicted octanol–water partition coefficient (Wildman–Crippen LogP) is 5.42. The number of hydrogen-bond donors (Lipinski definition) is 1. The Bertz CT molecular complexity index is 1310. The van der Waals surface area contributed by atoms with Crippen molar-refractivity contribution >= 4 is 17.7 Å². The van der Waals surface area contributed by atoms with E-state index in [4.69, 9.17) is 9.47 Å². The smallest absolute Gasteiger partial charge is 0.251 e. The zero-order chi connectivity index (χ0) is 28.6. The van der Waals surface area contributed by atoms with Gasteiger partial charge in [0, 0.05) is 49.6 Å². The van der Waals surface area contributed by atoms with Crippen molar-refractivity contribution in [2.45, 2.75) is 31.1 Å². The van der Waals surface area contributed by atoms with Gasteiger partial charge in [-0.25, -0.2) is 0 Å². The number of likely N-dealkylation sites (tertiary alicyclic amines) is 1. The molecule has 3 heterocycles. The van der Waals surface area contributed by atoms with Crippen molar-refractivity contribution in [1.29, 1.82) is 0 Å². The van der Waals surface area contributed by atoms with Crippen LogP contribution in [-0.4, -0.2) is 80.5 Å². The minimum Gasteiger partial charge on any atom is -0.489 e. The fourth-order valence-corrected chi connectivity index (χ4v) is 7.74. The maximum Gasteiger partial charge on any atom is 0.251 e. The normalized spacial score (nSPS) is 19.8. The number of piperidine rings is 1. The molecule has 222 valence electrons. The van der Waals surface area contributed by atoms with Gasteiger partial charge in [0.1, 0.15) is 12.4 Å². The number of thioether (sulfide) groups is 1. The highest BCUT2D eigenvalue weighted by molar-refractivity contribution is 7.99. The lowest BCUT2D eigenvalue weighted by molar-refractivity contribution is 0.0383. The lowest BCUT2D eigenvalue weighted by Gasteiger charge is -2.32. The fraction of sp³-hybridized carbons (Fsp3) is 0.457. The molecule has 42 heavy (non-hydrogen) atoms. The summed E-state index contributed by atoms with van der Waals surface area (Å²) in [5.41, 5.74) is 5.79. The Balaban J connectivity index is 1.08. The summed E-state index contributed by atoms with van der Waals surface area (Å²) in [6, 6.07) is 25.5. The van der Waals surface area contributed by atoms with E-state index in [1.165, 1.54) is 49.0 Å². The molecule has 1 N–H and O–H groups in total. The van der Waals surface area contributed by atoms with Crippen molar-refractivity contribution < 1.29 is 14.3 Å². The van der Waals surface area contributed by atoms with E-state index in [2.05, 4.69) is 75.8 Å². The molecular weight excluding hydrogens is 542 g/mol. The van der Waals surface area contributed by atoms with E-state index >= 15 is 0 Å². The zero-order valence-electron chi connectivity index (χ0n) is 24.5. The van der Waals surface area contributed by atoms with Crippen LogP contribution in [0.15, 0.2) is 72.8 Å². The number of hydrogen-bond acceptors (Lipinski definition) is 6. The van der Waals surface area contributed by atoms with Crippen LogP contribution in [0.4, 0.5) is 0 Å². The number of morpholine rings is 1. The first-order valence-corrected chi connectivity index (χ1v) is 16.6.